The maximum atomic E-state index is 10.4. The lowest BCUT2D eigenvalue weighted by atomic mass is 10.2. The van der Waals surface area contributed by atoms with Crippen molar-refractivity contribution < 1.29 is 4.79 Å². The van der Waals surface area contributed by atoms with Gasteiger partial charge in [0.15, 0.2) is 0 Å². The van der Waals surface area contributed by atoms with E-state index in [4.69, 9.17) is 0 Å². The average Bonchev–Trinajstić information content (AvgIpc) is 2.43. The molecule has 0 saturated carbocycles. The molecule has 0 spiro atoms. The van der Waals surface area contributed by atoms with E-state index in [0.717, 1.165) is 18.7 Å². The van der Waals surface area contributed by atoms with Crippen molar-refractivity contribution >= 4 is 18.2 Å². The minimum Gasteiger partial charge on any atom is -0.342 e. The van der Waals surface area contributed by atoms with Gasteiger partial charge in [0.1, 0.15) is 0 Å². The third-order valence-electron chi connectivity index (χ3n) is 1.88. The zero-order valence-electron chi connectivity index (χ0n) is 6.25. The summed E-state index contributed by atoms with van der Waals surface area (Å²) in [5.41, 5.74) is 0. The Bertz CT molecular complexity index is 112. The van der Waals surface area contributed by atoms with Crippen molar-refractivity contribution in [1.82, 2.24) is 4.90 Å². The molecule has 0 aromatic rings. The van der Waals surface area contributed by atoms with Crippen LogP contribution in [0.5, 0.6) is 0 Å². The lowest BCUT2D eigenvalue weighted by Crippen LogP contribution is -2.33. The fourth-order valence-electron chi connectivity index (χ4n) is 1.20. The fraction of sp³-hybridized carbons (Fsp3) is 0.857. The van der Waals surface area contributed by atoms with E-state index in [1.807, 2.05) is 23.6 Å². The summed E-state index contributed by atoms with van der Waals surface area (Å²) in [5.74, 6) is 2.35. The number of hydrogen-bond acceptors (Lipinski definition) is 2. The predicted molar refractivity (Wildman–Crippen MR) is 44.2 cm³/mol. The van der Waals surface area contributed by atoms with Crippen LogP contribution < -0.4 is 0 Å². The van der Waals surface area contributed by atoms with Crippen LogP contribution in [0.25, 0.3) is 0 Å². The van der Waals surface area contributed by atoms with Crippen LogP contribution in [0, 0.1) is 0 Å². The van der Waals surface area contributed by atoms with Crippen molar-refractivity contribution in [2.45, 2.75) is 19.4 Å². The lowest BCUT2D eigenvalue weighted by molar-refractivity contribution is -0.119. The molecule has 2 nitrogen and oxygen atoms in total. The minimum absolute atomic E-state index is 0.521. The van der Waals surface area contributed by atoms with E-state index in [1.165, 1.54) is 12.2 Å². The summed E-state index contributed by atoms with van der Waals surface area (Å²) in [6.07, 6.45) is 2.15. The Labute approximate surface area is 66.0 Å². The van der Waals surface area contributed by atoms with Gasteiger partial charge < -0.3 is 4.90 Å². The Morgan fingerprint density at radius 1 is 1.80 bits per heavy atom. The Kier molecular flexibility index (Phi) is 3.06. The number of rotatable bonds is 3. The van der Waals surface area contributed by atoms with Crippen LogP contribution in [0.2, 0.25) is 0 Å². The molecule has 0 N–H and O–H groups in total. The van der Waals surface area contributed by atoms with Gasteiger partial charge in [-0.3, -0.25) is 4.79 Å². The van der Waals surface area contributed by atoms with Crippen LogP contribution in [-0.2, 0) is 4.79 Å². The van der Waals surface area contributed by atoms with E-state index in [9.17, 15) is 4.79 Å². The number of amides is 1. The molecule has 1 saturated heterocycles. The third kappa shape index (κ3) is 1.66. The Hall–Kier alpha value is -0.180. The molecule has 0 aromatic carbocycles. The highest BCUT2D eigenvalue weighted by atomic mass is 32.2. The molecule has 1 atom stereocenters. The standard InChI is InChI=1S/C7H13NOS/c1-2-8(6-9)7-3-4-10-5-7/h6-7H,2-5H2,1H3/t7-/m0/s1. The summed E-state index contributed by atoms with van der Waals surface area (Å²) in [6, 6.07) is 0.521. The van der Waals surface area contributed by atoms with E-state index in [2.05, 4.69) is 0 Å². The van der Waals surface area contributed by atoms with Gasteiger partial charge in [-0.25, -0.2) is 0 Å². The number of hydrogen-bond donors (Lipinski definition) is 0. The highest BCUT2D eigenvalue weighted by Gasteiger charge is 2.19. The van der Waals surface area contributed by atoms with Gasteiger partial charge in [-0.15, -0.1) is 0 Å². The molecular weight excluding hydrogens is 146 g/mol. The van der Waals surface area contributed by atoms with Crippen molar-refractivity contribution in [3.63, 3.8) is 0 Å². The van der Waals surface area contributed by atoms with Crippen LogP contribution >= 0.6 is 11.8 Å². The van der Waals surface area contributed by atoms with Crippen LogP contribution in [0.1, 0.15) is 13.3 Å². The van der Waals surface area contributed by atoms with Gasteiger partial charge in [-0.05, 0) is 19.1 Å². The highest BCUT2D eigenvalue weighted by Crippen LogP contribution is 2.20. The SMILES string of the molecule is CCN(C=O)[C@H]1CCSC1. The average molecular weight is 159 g/mol. The second-order valence-electron chi connectivity index (χ2n) is 2.45. The molecule has 58 valence electrons. The van der Waals surface area contributed by atoms with Gasteiger partial charge in [0, 0.05) is 18.3 Å². The highest BCUT2D eigenvalue weighted by molar-refractivity contribution is 7.99. The first-order chi connectivity index (χ1) is 4.88. The molecule has 0 radical (unpaired) electrons. The number of nitrogens with zero attached hydrogens (tertiary/aromatic N) is 1. The van der Waals surface area contributed by atoms with Gasteiger partial charge in [0.2, 0.25) is 6.41 Å². The molecule has 0 unspecified atom stereocenters. The number of thioether (sulfide) groups is 1. The van der Waals surface area contributed by atoms with Gasteiger partial charge in [0.05, 0.1) is 0 Å². The molecule has 0 bridgehead atoms. The molecule has 10 heavy (non-hydrogen) atoms. The molecule has 1 fully saturated rings. The molecule has 0 aromatic heterocycles. The molecular formula is C7H13NOS. The summed E-state index contributed by atoms with van der Waals surface area (Å²) in [5, 5.41) is 0. The quantitative estimate of drug-likeness (QED) is 0.572. The molecule has 1 aliphatic rings. The normalized spacial score (nSPS) is 24.7. The Morgan fingerprint density at radius 3 is 3.00 bits per heavy atom. The summed E-state index contributed by atoms with van der Waals surface area (Å²) in [4.78, 5) is 12.3. The predicted octanol–water partition coefficient (Wildman–Crippen LogP) is 0.970. The third-order valence-corrected chi connectivity index (χ3v) is 3.02. The van der Waals surface area contributed by atoms with Gasteiger partial charge in [-0.1, -0.05) is 0 Å². The van der Waals surface area contributed by atoms with Crippen molar-refractivity contribution in [1.29, 1.82) is 0 Å². The van der Waals surface area contributed by atoms with Gasteiger partial charge >= 0.3 is 0 Å². The zero-order chi connectivity index (χ0) is 7.40. The van der Waals surface area contributed by atoms with Crippen LogP contribution in [-0.4, -0.2) is 35.4 Å². The maximum absolute atomic E-state index is 10.4. The van der Waals surface area contributed by atoms with Gasteiger partial charge in [-0.2, -0.15) is 11.8 Å². The minimum atomic E-state index is 0.521. The summed E-state index contributed by atoms with van der Waals surface area (Å²) < 4.78 is 0. The Morgan fingerprint density at radius 2 is 2.60 bits per heavy atom. The summed E-state index contributed by atoms with van der Waals surface area (Å²) >= 11 is 1.94. The van der Waals surface area contributed by atoms with Crippen LogP contribution in [0.15, 0.2) is 0 Å². The largest absolute Gasteiger partial charge is 0.342 e. The van der Waals surface area contributed by atoms with E-state index in [-0.39, 0.29) is 0 Å². The van der Waals surface area contributed by atoms with Gasteiger partial charge in [0.25, 0.3) is 0 Å². The lowest BCUT2D eigenvalue weighted by Gasteiger charge is -2.21. The summed E-state index contributed by atoms with van der Waals surface area (Å²) in [7, 11) is 0. The molecule has 1 rings (SSSR count). The molecule has 1 aliphatic heterocycles. The van der Waals surface area contributed by atoms with Crippen molar-refractivity contribution in [2.75, 3.05) is 18.1 Å². The topological polar surface area (TPSA) is 20.3 Å². The van der Waals surface area contributed by atoms with Crippen molar-refractivity contribution in [3.05, 3.63) is 0 Å². The van der Waals surface area contributed by atoms with Crippen molar-refractivity contribution in [2.24, 2.45) is 0 Å². The summed E-state index contributed by atoms with van der Waals surface area (Å²) in [6.45, 7) is 2.88. The molecule has 3 heteroatoms. The molecule has 1 heterocycles. The van der Waals surface area contributed by atoms with E-state index < -0.39 is 0 Å². The first-order valence-electron chi connectivity index (χ1n) is 3.67. The number of carbonyl (C=O) groups excluding carboxylic acids is 1. The van der Waals surface area contributed by atoms with E-state index >= 15 is 0 Å². The van der Waals surface area contributed by atoms with E-state index in [0.29, 0.717) is 6.04 Å². The second kappa shape index (κ2) is 3.86. The monoisotopic (exact) mass is 159 g/mol. The molecule has 0 aliphatic carbocycles. The maximum Gasteiger partial charge on any atom is 0.209 e. The first-order valence-corrected chi connectivity index (χ1v) is 4.82. The number of carbonyl (C=O) groups is 1. The zero-order valence-corrected chi connectivity index (χ0v) is 7.06. The van der Waals surface area contributed by atoms with Crippen LogP contribution in [0.3, 0.4) is 0 Å². The van der Waals surface area contributed by atoms with Crippen molar-refractivity contribution in [3.8, 4) is 0 Å². The first kappa shape index (κ1) is 7.92. The molecule has 1 amide bonds. The second-order valence-corrected chi connectivity index (χ2v) is 3.60. The van der Waals surface area contributed by atoms with Crippen LogP contribution in [0.4, 0.5) is 0 Å². The fourth-order valence-corrected chi connectivity index (χ4v) is 2.44. The van der Waals surface area contributed by atoms with E-state index in [1.54, 1.807) is 0 Å². The smallest absolute Gasteiger partial charge is 0.209 e. The Balaban J connectivity index is 2.36.